The van der Waals surface area contributed by atoms with E-state index in [1.54, 1.807) is 6.92 Å². The summed E-state index contributed by atoms with van der Waals surface area (Å²) >= 11 is 17.9. The molecule has 3 aliphatic rings. The number of halogens is 3. The molecule has 6 heteroatoms. The summed E-state index contributed by atoms with van der Waals surface area (Å²) in [4.78, 5) is 12.2. The first-order chi connectivity index (χ1) is 12.2. The predicted molar refractivity (Wildman–Crippen MR) is 105 cm³/mol. The van der Waals surface area contributed by atoms with Gasteiger partial charge in [0.25, 0.3) is 0 Å². The fourth-order valence-electron chi connectivity index (χ4n) is 3.98. The number of esters is 1. The molecular formula is C20H23Cl3O3. The molecule has 0 aliphatic heterocycles. The Morgan fingerprint density at radius 1 is 1.23 bits per heavy atom. The molecule has 0 radical (unpaired) electrons. The number of hydrogen-bond donors (Lipinski definition) is 0. The van der Waals surface area contributed by atoms with Crippen LogP contribution in [0.5, 0.6) is 5.75 Å². The molecule has 0 N–H and O–H groups in total. The van der Waals surface area contributed by atoms with Gasteiger partial charge in [-0.3, -0.25) is 0 Å². The van der Waals surface area contributed by atoms with Gasteiger partial charge in [0.1, 0.15) is 5.75 Å². The molecule has 1 aromatic rings. The zero-order valence-corrected chi connectivity index (χ0v) is 17.4. The minimum Gasteiger partial charge on any atom is -0.477 e. The summed E-state index contributed by atoms with van der Waals surface area (Å²) < 4.78 is 11.0. The van der Waals surface area contributed by atoms with Crippen LogP contribution in [0, 0.1) is 17.3 Å². The fraction of sp³-hybridized carbons (Fsp3) is 0.550. The Morgan fingerprint density at radius 3 is 2.58 bits per heavy atom. The third-order valence-corrected chi connectivity index (χ3v) is 6.85. The number of benzene rings is 1. The quantitative estimate of drug-likeness (QED) is 0.308. The van der Waals surface area contributed by atoms with Crippen molar-refractivity contribution in [1.82, 2.24) is 0 Å². The standard InChI is InChI=1S/C20H23Cl3O3/c1-11(26-18-10-16(22)15(21)9-17(18)23)19(24)25-7-6-12-4-5-13-8-14(12)20(13,2)3/h4,9-11,13-14H,5-8H2,1-3H3. The van der Waals surface area contributed by atoms with Gasteiger partial charge in [-0.15, -0.1) is 0 Å². The van der Waals surface area contributed by atoms with Crippen molar-refractivity contribution in [3.05, 3.63) is 38.8 Å². The summed E-state index contributed by atoms with van der Waals surface area (Å²) in [6, 6.07) is 2.99. The van der Waals surface area contributed by atoms with Crippen LogP contribution in [0.3, 0.4) is 0 Å². The third-order valence-electron chi connectivity index (χ3n) is 5.83. The Hall–Kier alpha value is -0.900. The van der Waals surface area contributed by atoms with E-state index in [-0.39, 0.29) is 0 Å². The number of rotatable bonds is 6. The van der Waals surface area contributed by atoms with Gasteiger partial charge in [-0.05, 0) is 43.1 Å². The molecule has 3 atom stereocenters. The van der Waals surface area contributed by atoms with Gasteiger partial charge in [0.15, 0.2) is 6.10 Å². The van der Waals surface area contributed by atoms with Crippen molar-refractivity contribution in [2.75, 3.05) is 6.61 Å². The molecule has 3 nitrogen and oxygen atoms in total. The second-order valence-corrected chi connectivity index (χ2v) is 8.92. The zero-order valence-electron chi connectivity index (χ0n) is 15.2. The highest BCUT2D eigenvalue weighted by atomic mass is 35.5. The van der Waals surface area contributed by atoms with Crippen molar-refractivity contribution >= 4 is 40.8 Å². The maximum absolute atomic E-state index is 12.2. The van der Waals surface area contributed by atoms with Crippen LogP contribution in [0.4, 0.5) is 0 Å². The highest BCUT2D eigenvalue weighted by molar-refractivity contribution is 6.43. The molecule has 0 saturated heterocycles. The van der Waals surface area contributed by atoms with E-state index in [2.05, 4.69) is 19.9 Å². The lowest BCUT2D eigenvalue weighted by Gasteiger charge is -2.56. The van der Waals surface area contributed by atoms with Crippen molar-refractivity contribution in [2.45, 2.75) is 46.1 Å². The zero-order chi connectivity index (χ0) is 19.1. The molecular weight excluding hydrogens is 395 g/mol. The lowest BCUT2D eigenvalue weighted by Crippen LogP contribution is -2.48. The number of ether oxygens (including phenoxy) is 2. The van der Waals surface area contributed by atoms with Crippen LogP contribution in [0.15, 0.2) is 23.8 Å². The Morgan fingerprint density at radius 2 is 1.92 bits per heavy atom. The topological polar surface area (TPSA) is 35.5 Å². The van der Waals surface area contributed by atoms with Gasteiger partial charge < -0.3 is 9.47 Å². The highest BCUT2D eigenvalue weighted by Crippen LogP contribution is 2.59. The van der Waals surface area contributed by atoms with Crippen LogP contribution in [0.1, 0.15) is 40.0 Å². The van der Waals surface area contributed by atoms with E-state index < -0.39 is 12.1 Å². The molecule has 2 bridgehead atoms. The van der Waals surface area contributed by atoms with Crippen LogP contribution in [-0.4, -0.2) is 18.7 Å². The van der Waals surface area contributed by atoms with Gasteiger partial charge in [0, 0.05) is 12.5 Å². The van der Waals surface area contributed by atoms with Gasteiger partial charge in [-0.1, -0.05) is 60.3 Å². The van der Waals surface area contributed by atoms with Crippen molar-refractivity contribution < 1.29 is 14.3 Å². The van der Waals surface area contributed by atoms with Crippen LogP contribution in [0.2, 0.25) is 15.1 Å². The number of hydrogen-bond acceptors (Lipinski definition) is 3. The normalized spacial score (nSPS) is 24.3. The lowest BCUT2D eigenvalue weighted by molar-refractivity contribution is -0.151. The summed E-state index contributed by atoms with van der Waals surface area (Å²) in [6.07, 6.45) is 4.74. The van der Waals surface area contributed by atoms with E-state index >= 15 is 0 Å². The maximum Gasteiger partial charge on any atom is 0.347 e. The first-order valence-electron chi connectivity index (χ1n) is 8.87. The van der Waals surface area contributed by atoms with Crippen LogP contribution in [0.25, 0.3) is 0 Å². The maximum atomic E-state index is 12.2. The molecule has 3 unspecified atom stereocenters. The summed E-state index contributed by atoms with van der Waals surface area (Å²) in [5.41, 5.74) is 1.81. The Labute approximate surface area is 169 Å². The number of carbonyl (C=O) groups is 1. The molecule has 1 aromatic carbocycles. The second-order valence-electron chi connectivity index (χ2n) is 7.70. The van der Waals surface area contributed by atoms with E-state index in [0.717, 1.165) is 18.8 Å². The number of carbonyl (C=O) groups excluding carboxylic acids is 1. The molecule has 4 rings (SSSR count). The molecule has 3 aliphatic carbocycles. The molecule has 1 saturated carbocycles. The average Bonchev–Trinajstić information content (AvgIpc) is 2.59. The van der Waals surface area contributed by atoms with Crippen molar-refractivity contribution in [3.8, 4) is 5.75 Å². The van der Waals surface area contributed by atoms with Gasteiger partial charge in [0.05, 0.1) is 21.7 Å². The number of allylic oxidation sites excluding steroid dienone is 1. The first kappa shape index (κ1) is 19.9. The monoisotopic (exact) mass is 416 g/mol. The number of fused-ring (bicyclic) bond motifs is 1. The summed E-state index contributed by atoms with van der Waals surface area (Å²) in [5.74, 6) is 1.32. The van der Waals surface area contributed by atoms with E-state index in [4.69, 9.17) is 44.3 Å². The Bertz CT molecular complexity index is 742. The summed E-state index contributed by atoms with van der Waals surface area (Å²) in [5, 5.41) is 0.951. The minimum atomic E-state index is -0.783. The fourth-order valence-corrected chi connectivity index (χ4v) is 4.56. The predicted octanol–water partition coefficient (Wildman–Crippen LogP) is 6.34. The molecule has 0 aromatic heterocycles. The summed E-state index contributed by atoms with van der Waals surface area (Å²) in [6.45, 7) is 6.66. The average molecular weight is 418 g/mol. The smallest absolute Gasteiger partial charge is 0.347 e. The van der Waals surface area contributed by atoms with Gasteiger partial charge in [0.2, 0.25) is 0 Å². The lowest BCUT2D eigenvalue weighted by atomic mass is 9.48. The van der Waals surface area contributed by atoms with Gasteiger partial charge in [-0.2, -0.15) is 0 Å². The van der Waals surface area contributed by atoms with Gasteiger partial charge >= 0.3 is 5.97 Å². The van der Waals surface area contributed by atoms with Crippen LogP contribution < -0.4 is 4.74 Å². The molecule has 0 spiro atoms. The van der Waals surface area contributed by atoms with Crippen LogP contribution in [-0.2, 0) is 9.53 Å². The molecule has 142 valence electrons. The largest absolute Gasteiger partial charge is 0.477 e. The Kier molecular flexibility index (Phi) is 5.81. The summed E-state index contributed by atoms with van der Waals surface area (Å²) in [7, 11) is 0. The molecule has 0 amide bonds. The third kappa shape index (κ3) is 3.85. The van der Waals surface area contributed by atoms with E-state index in [1.807, 2.05) is 0 Å². The minimum absolute atomic E-state index is 0.299. The van der Waals surface area contributed by atoms with E-state index in [0.29, 0.717) is 38.8 Å². The van der Waals surface area contributed by atoms with E-state index in [1.165, 1.54) is 24.1 Å². The van der Waals surface area contributed by atoms with Crippen molar-refractivity contribution in [3.63, 3.8) is 0 Å². The Balaban J connectivity index is 1.49. The molecule has 0 heterocycles. The van der Waals surface area contributed by atoms with E-state index in [9.17, 15) is 4.79 Å². The highest BCUT2D eigenvalue weighted by Gasteiger charge is 2.50. The van der Waals surface area contributed by atoms with Crippen LogP contribution >= 0.6 is 34.8 Å². The van der Waals surface area contributed by atoms with Gasteiger partial charge in [-0.25, -0.2) is 4.79 Å². The van der Waals surface area contributed by atoms with Crippen molar-refractivity contribution in [1.29, 1.82) is 0 Å². The first-order valence-corrected chi connectivity index (χ1v) is 10.00. The molecule has 26 heavy (non-hydrogen) atoms. The second kappa shape index (κ2) is 7.61. The molecule has 1 fully saturated rings. The van der Waals surface area contributed by atoms with Crippen molar-refractivity contribution in [2.24, 2.45) is 17.3 Å². The SMILES string of the molecule is CC(Oc1cc(Cl)c(Cl)cc1Cl)C(=O)OCCC1=CCC2CC1C2(C)C.